The minimum Gasteiger partial charge on any atom is -0.497 e. The highest BCUT2D eigenvalue weighted by atomic mass is 16.5. The van der Waals surface area contributed by atoms with Gasteiger partial charge in [0, 0.05) is 12.5 Å². The summed E-state index contributed by atoms with van der Waals surface area (Å²) in [6, 6.07) is 15.4. The molecule has 2 aromatic carbocycles. The number of nitrogens with zero attached hydrogens (tertiary/aromatic N) is 3. The fourth-order valence-electron chi connectivity index (χ4n) is 3.41. The van der Waals surface area contributed by atoms with Crippen molar-refractivity contribution in [1.29, 1.82) is 0 Å². The predicted molar refractivity (Wildman–Crippen MR) is 109 cm³/mol. The Hall–Kier alpha value is -3.35. The lowest BCUT2D eigenvalue weighted by Crippen LogP contribution is -2.27. The molecule has 1 aliphatic rings. The maximum absolute atomic E-state index is 12.8. The molecule has 7 nitrogen and oxygen atoms in total. The van der Waals surface area contributed by atoms with Crippen molar-refractivity contribution in [3.63, 3.8) is 0 Å². The summed E-state index contributed by atoms with van der Waals surface area (Å²) in [6.45, 7) is 0.463. The average Bonchev–Trinajstić information content (AvgIpc) is 3.51. The number of ether oxygens (including phenoxy) is 2. The molecule has 4 rings (SSSR count). The van der Waals surface area contributed by atoms with Crippen molar-refractivity contribution in [3.8, 4) is 17.2 Å². The molecule has 0 atom stereocenters. The standard InChI is InChI=1S/C22H24N4O3/c1-28-18-10-11-19(29-2)16(14-18)12-13-23-22(27)20-21(15-8-9-15)26(25-24-20)17-6-4-3-5-7-17/h3-7,10-11,14-15H,8-9,12-13H2,1-2H3,(H,23,27). The van der Waals surface area contributed by atoms with E-state index in [-0.39, 0.29) is 5.91 Å². The molecule has 1 aliphatic carbocycles. The second kappa shape index (κ2) is 8.34. The van der Waals surface area contributed by atoms with E-state index in [1.54, 1.807) is 18.9 Å². The summed E-state index contributed by atoms with van der Waals surface area (Å²) < 4.78 is 12.5. The first kappa shape index (κ1) is 19.0. The lowest BCUT2D eigenvalue weighted by molar-refractivity contribution is 0.0948. The monoisotopic (exact) mass is 392 g/mol. The molecule has 29 heavy (non-hydrogen) atoms. The molecule has 0 aliphatic heterocycles. The molecule has 1 saturated carbocycles. The summed E-state index contributed by atoms with van der Waals surface area (Å²) in [7, 11) is 3.26. The lowest BCUT2D eigenvalue weighted by Gasteiger charge is -2.11. The van der Waals surface area contributed by atoms with E-state index >= 15 is 0 Å². The summed E-state index contributed by atoms with van der Waals surface area (Å²) in [5, 5.41) is 11.4. The van der Waals surface area contributed by atoms with Crippen LogP contribution in [-0.4, -0.2) is 41.7 Å². The average molecular weight is 392 g/mol. The van der Waals surface area contributed by atoms with E-state index in [9.17, 15) is 4.79 Å². The number of hydrogen-bond acceptors (Lipinski definition) is 5. The highest BCUT2D eigenvalue weighted by Gasteiger charge is 2.34. The number of methoxy groups -OCH3 is 2. The predicted octanol–water partition coefficient (Wildman–Crippen LogP) is 3.13. The van der Waals surface area contributed by atoms with Gasteiger partial charge in [0.05, 0.1) is 25.6 Å². The normalized spacial score (nSPS) is 13.2. The van der Waals surface area contributed by atoms with E-state index < -0.39 is 0 Å². The first-order chi connectivity index (χ1) is 14.2. The van der Waals surface area contributed by atoms with Gasteiger partial charge in [0.1, 0.15) is 11.5 Å². The molecule has 1 fully saturated rings. The lowest BCUT2D eigenvalue weighted by atomic mass is 10.1. The van der Waals surface area contributed by atoms with Gasteiger partial charge < -0.3 is 14.8 Å². The third-order valence-electron chi connectivity index (χ3n) is 5.05. The van der Waals surface area contributed by atoms with Gasteiger partial charge in [-0.25, -0.2) is 4.68 Å². The molecule has 1 aromatic heterocycles. The number of benzene rings is 2. The molecular formula is C22H24N4O3. The molecule has 0 radical (unpaired) electrons. The maximum Gasteiger partial charge on any atom is 0.273 e. The molecule has 0 unspecified atom stereocenters. The van der Waals surface area contributed by atoms with Gasteiger partial charge >= 0.3 is 0 Å². The van der Waals surface area contributed by atoms with Gasteiger partial charge in [-0.3, -0.25) is 4.79 Å². The second-order valence-corrected chi connectivity index (χ2v) is 7.03. The van der Waals surface area contributed by atoms with E-state index in [0.29, 0.717) is 24.6 Å². The summed E-state index contributed by atoms with van der Waals surface area (Å²) in [6.07, 6.45) is 2.74. The van der Waals surface area contributed by atoms with E-state index in [2.05, 4.69) is 15.6 Å². The first-order valence-electron chi connectivity index (χ1n) is 9.71. The van der Waals surface area contributed by atoms with Crippen LogP contribution in [0.4, 0.5) is 0 Å². The van der Waals surface area contributed by atoms with Gasteiger partial charge in [-0.15, -0.1) is 5.10 Å². The minimum absolute atomic E-state index is 0.198. The Morgan fingerprint density at radius 1 is 1.14 bits per heavy atom. The van der Waals surface area contributed by atoms with E-state index in [0.717, 1.165) is 41.3 Å². The van der Waals surface area contributed by atoms with E-state index in [1.165, 1.54) is 0 Å². The molecule has 0 spiro atoms. The first-order valence-corrected chi connectivity index (χ1v) is 9.71. The number of hydrogen-bond donors (Lipinski definition) is 1. The Bertz CT molecular complexity index is 997. The largest absolute Gasteiger partial charge is 0.497 e. The zero-order valence-corrected chi connectivity index (χ0v) is 16.6. The van der Waals surface area contributed by atoms with Crippen LogP contribution < -0.4 is 14.8 Å². The molecule has 3 aromatic rings. The Labute approximate surface area is 169 Å². The van der Waals surface area contributed by atoms with E-state index in [4.69, 9.17) is 9.47 Å². The van der Waals surface area contributed by atoms with Gasteiger partial charge in [0.2, 0.25) is 0 Å². The van der Waals surface area contributed by atoms with Crippen LogP contribution in [0.15, 0.2) is 48.5 Å². The number of rotatable bonds is 8. The molecule has 1 amide bonds. The highest BCUT2D eigenvalue weighted by Crippen LogP contribution is 2.41. The van der Waals surface area contributed by atoms with Crippen LogP contribution in [0, 0.1) is 0 Å². The van der Waals surface area contributed by atoms with Crippen molar-refractivity contribution >= 4 is 5.91 Å². The molecule has 0 bridgehead atoms. The number of nitrogens with one attached hydrogen (secondary N) is 1. The van der Waals surface area contributed by atoms with Crippen LogP contribution in [0.5, 0.6) is 11.5 Å². The fourth-order valence-corrected chi connectivity index (χ4v) is 3.41. The van der Waals surface area contributed by atoms with E-state index in [1.807, 2.05) is 48.5 Å². The Kier molecular flexibility index (Phi) is 5.46. The Morgan fingerprint density at radius 2 is 1.93 bits per heavy atom. The molecule has 0 saturated heterocycles. The van der Waals surface area contributed by atoms with Crippen LogP contribution >= 0.6 is 0 Å². The van der Waals surface area contributed by atoms with Gasteiger partial charge in [-0.1, -0.05) is 23.4 Å². The summed E-state index contributed by atoms with van der Waals surface area (Å²) in [5.74, 6) is 1.67. The third-order valence-corrected chi connectivity index (χ3v) is 5.05. The zero-order valence-electron chi connectivity index (χ0n) is 16.6. The highest BCUT2D eigenvalue weighted by molar-refractivity contribution is 5.93. The van der Waals surface area contributed by atoms with Crippen molar-refractivity contribution in [2.75, 3.05) is 20.8 Å². The van der Waals surface area contributed by atoms with Crippen LogP contribution in [0.2, 0.25) is 0 Å². The molecule has 150 valence electrons. The smallest absolute Gasteiger partial charge is 0.273 e. The molecule has 1 N–H and O–H groups in total. The Morgan fingerprint density at radius 3 is 2.62 bits per heavy atom. The molecular weight excluding hydrogens is 368 g/mol. The van der Waals surface area contributed by atoms with Crippen molar-refractivity contribution in [1.82, 2.24) is 20.3 Å². The van der Waals surface area contributed by atoms with Crippen molar-refractivity contribution in [3.05, 3.63) is 65.5 Å². The van der Waals surface area contributed by atoms with Gasteiger partial charge in [0.15, 0.2) is 5.69 Å². The minimum atomic E-state index is -0.198. The van der Waals surface area contributed by atoms with Crippen molar-refractivity contribution < 1.29 is 14.3 Å². The van der Waals surface area contributed by atoms with Gasteiger partial charge in [0.25, 0.3) is 5.91 Å². The number of carbonyl (C=O) groups excluding carboxylic acids is 1. The molecule has 1 heterocycles. The summed E-state index contributed by atoms with van der Waals surface area (Å²) >= 11 is 0. The third kappa shape index (κ3) is 4.08. The summed E-state index contributed by atoms with van der Waals surface area (Å²) in [4.78, 5) is 12.8. The van der Waals surface area contributed by atoms with Crippen molar-refractivity contribution in [2.24, 2.45) is 0 Å². The van der Waals surface area contributed by atoms with Crippen LogP contribution in [0.1, 0.15) is 40.5 Å². The van der Waals surface area contributed by atoms with Crippen LogP contribution in [-0.2, 0) is 6.42 Å². The summed E-state index contributed by atoms with van der Waals surface area (Å²) in [5.41, 5.74) is 3.20. The topological polar surface area (TPSA) is 78.3 Å². The second-order valence-electron chi connectivity index (χ2n) is 7.03. The quantitative estimate of drug-likeness (QED) is 0.637. The van der Waals surface area contributed by atoms with Crippen LogP contribution in [0.3, 0.4) is 0 Å². The zero-order chi connectivity index (χ0) is 20.2. The SMILES string of the molecule is COc1ccc(OC)c(CCNC(=O)c2nnn(-c3ccccc3)c2C2CC2)c1. The van der Waals surface area contributed by atoms with Crippen LogP contribution in [0.25, 0.3) is 5.69 Å². The van der Waals surface area contributed by atoms with Crippen molar-refractivity contribution in [2.45, 2.75) is 25.2 Å². The van der Waals surface area contributed by atoms with Gasteiger partial charge in [-0.05, 0) is 55.2 Å². The molecule has 7 heteroatoms. The number of para-hydroxylation sites is 1. The number of aromatic nitrogens is 3. The maximum atomic E-state index is 12.8. The number of amides is 1. The van der Waals surface area contributed by atoms with Gasteiger partial charge in [-0.2, -0.15) is 0 Å². The fraction of sp³-hybridized carbons (Fsp3) is 0.318. The Balaban J connectivity index is 1.48. The number of carbonyl (C=O) groups is 1.